The van der Waals surface area contributed by atoms with E-state index in [1.807, 2.05) is 6.92 Å². The summed E-state index contributed by atoms with van der Waals surface area (Å²) in [5.74, 6) is 0.778. The van der Waals surface area contributed by atoms with Gasteiger partial charge in [0.15, 0.2) is 0 Å². The van der Waals surface area contributed by atoms with Crippen molar-refractivity contribution in [1.29, 1.82) is 0 Å². The van der Waals surface area contributed by atoms with E-state index in [9.17, 15) is 8.42 Å². The summed E-state index contributed by atoms with van der Waals surface area (Å²) >= 11 is 0. The Labute approximate surface area is 101 Å². The van der Waals surface area contributed by atoms with Gasteiger partial charge in [0.25, 0.3) is 0 Å². The molecule has 1 aromatic rings. The predicted octanol–water partition coefficient (Wildman–Crippen LogP) is -0.734. The smallest absolute Gasteiger partial charge is 0.212 e. The van der Waals surface area contributed by atoms with Gasteiger partial charge in [-0.05, 0) is 13.0 Å². The molecule has 7 nitrogen and oxygen atoms in total. The van der Waals surface area contributed by atoms with Crippen LogP contribution >= 0.6 is 0 Å². The Morgan fingerprint density at radius 1 is 1.35 bits per heavy atom. The van der Waals surface area contributed by atoms with Gasteiger partial charge in [-0.15, -0.1) is 0 Å². The van der Waals surface area contributed by atoms with Crippen molar-refractivity contribution in [2.75, 3.05) is 25.4 Å². The SMILES string of the molecule is CCCNCCS(=O)(=O)NCCc1ncn[nH]1. The van der Waals surface area contributed by atoms with Gasteiger partial charge in [0.05, 0.1) is 5.75 Å². The van der Waals surface area contributed by atoms with Crippen LogP contribution in [0.3, 0.4) is 0 Å². The summed E-state index contributed by atoms with van der Waals surface area (Å²) in [5.41, 5.74) is 0. The minimum Gasteiger partial charge on any atom is -0.316 e. The molecule has 0 amide bonds. The Hall–Kier alpha value is -0.990. The number of aromatic nitrogens is 3. The lowest BCUT2D eigenvalue weighted by molar-refractivity contribution is 0.575. The number of sulfonamides is 1. The molecule has 0 aliphatic carbocycles. The molecular weight excluding hydrogens is 242 g/mol. The largest absolute Gasteiger partial charge is 0.316 e. The van der Waals surface area contributed by atoms with Crippen molar-refractivity contribution in [3.8, 4) is 0 Å². The molecule has 17 heavy (non-hydrogen) atoms. The summed E-state index contributed by atoms with van der Waals surface area (Å²) in [7, 11) is -3.19. The molecule has 0 fully saturated rings. The van der Waals surface area contributed by atoms with E-state index >= 15 is 0 Å². The van der Waals surface area contributed by atoms with Crippen LogP contribution in [0.1, 0.15) is 19.2 Å². The maximum absolute atomic E-state index is 11.5. The molecule has 0 aliphatic rings. The van der Waals surface area contributed by atoms with Crippen molar-refractivity contribution in [3.63, 3.8) is 0 Å². The van der Waals surface area contributed by atoms with Crippen LogP contribution in [0.25, 0.3) is 0 Å². The van der Waals surface area contributed by atoms with Gasteiger partial charge in [-0.3, -0.25) is 5.10 Å². The molecule has 98 valence electrons. The lowest BCUT2D eigenvalue weighted by Gasteiger charge is -2.06. The fourth-order valence-electron chi connectivity index (χ4n) is 1.26. The van der Waals surface area contributed by atoms with Crippen LogP contribution in [0.4, 0.5) is 0 Å². The highest BCUT2D eigenvalue weighted by atomic mass is 32.2. The number of H-pyrrole nitrogens is 1. The fourth-order valence-corrected chi connectivity index (χ4v) is 2.23. The number of nitrogens with zero attached hydrogens (tertiary/aromatic N) is 2. The number of hydrogen-bond acceptors (Lipinski definition) is 5. The number of aromatic amines is 1. The van der Waals surface area contributed by atoms with Crippen molar-refractivity contribution in [1.82, 2.24) is 25.2 Å². The molecule has 0 aliphatic heterocycles. The minimum absolute atomic E-state index is 0.101. The number of rotatable bonds is 9. The summed E-state index contributed by atoms with van der Waals surface area (Å²) in [6.45, 7) is 3.70. The van der Waals surface area contributed by atoms with Gasteiger partial charge in [-0.25, -0.2) is 18.1 Å². The molecule has 0 saturated heterocycles. The van der Waals surface area contributed by atoms with Gasteiger partial charge in [0, 0.05) is 19.5 Å². The Balaban J connectivity index is 2.16. The molecule has 3 N–H and O–H groups in total. The van der Waals surface area contributed by atoms with Crippen LogP contribution in [0.5, 0.6) is 0 Å². The van der Waals surface area contributed by atoms with E-state index in [0.717, 1.165) is 13.0 Å². The van der Waals surface area contributed by atoms with E-state index in [-0.39, 0.29) is 5.75 Å². The second kappa shape index (κ2) is 7.36. The lowest BCUT2D eigenvalue weighted by atomic mass is 10.4. The van der Waals surface area contributed by atoms with Crippen LogP contribution < -0.4 is 10.0 Å². The summed E-state index contributed by atoms with van der Waals surface area (Å²) in [6, 6.07) is 0. The summed E-state index contributed by atoms with van der Waals surface area (Å²) in [5, 5.41) is 9.41. The molecule has 1 aromatic heterocycles. The first-order valence-electron chi connectivity index (χ1n) is 5.66. The van der Waals surface area contributed by atoms with Crippen LogP contribution in [0.15, 0.2) is 6.33 Å². The second-order valence-electron chi connectivity index (χ2n) is 3.65. The predicted molar refractivity (Wildman–Crippen MR) is 65.0 cm³/mol. The molecule has 0 unspecified atom stereocenters. The summed E-state index contributed by atoms with van der Waals surface area (Å²) in [4.78, 5) is 3.91. The first kappa shape index (κ1) is 14.1. The minimum atomic E-state index is -3.19. The molecule has 1 heterocycles. The quantitative estimate of drug-likeness (QED) is 0.509. The number of hydrogen-bond donors (Lipinski definition) is 3. The van der Waals surface area contributed by atoms with Gasteiger partial charge in [-0.2, -0.15) is 5.10 Å². The lowest BCUT2D eigenvalue weighted by Crippen LogP contribution is -2.33. The Morgan fingerprint density at radius 3 is 2.82 bits per heavy atom. The standard InChI is InChI=1S/C9H19N5O2S/c1-2-4-10-6-7-17(15,16)13-5-3-9-11-8-12-14-9/h8,10,13H,2-7H2,1H3,(H,11,12,14). The molecule has 0 aromatic carbocycles. The third kappa shape index (κ3) is 6.35. The zero-order chi connectivity index (χ0) is 12.6. The first-order chi connectivity index (χ1) is 8.14. The monoisotopic (exact) mass is 261 g/mol. The highest BCUT2D eigenvalue weighted by molar-refractivity contribution is 7.89. The van der Waals surface area contributed by atoms with Crippen LogP contribution in [0, 0.1) is 0 Å². The van der Waals surface area contributed by atoms with Crippen LogP contribution in [-0.2, 0) is 16.4 Å². The van der Waals surface area contributed by atoms with Gasteiger partial charge in [0.1, 0.15) is 12.2 Å². The van der Waals surface area contributed by atoms with E-state index in [2.05, 4.69) is 25.2 Å². The summed E-state index contributed by atoms with van der Waals surface area (Å²) < 4.78 is 25.6. The highest BCUT2D eigenvalue weighted by Gasteiger charge is 2.08. The first-order valence-corrected chi connectivity index (χ1v) is 7.31. The zero-order valence-corrected chi connectivity index (χ0v) is 10.8. The molecule has 0 spiro atoms. The molecule has 1 rings (SSSR count). The zero-order valence-electron chi connectivity index (χ0n) is 9.94. The topological polar surface area (TPSA) is 99.8 Å². The Kier molecular flexibility index (Phi) is 6.09. The van der Waals surface area contributed by atoms with Crippen molar-refractivity contribution in [2.24, 2.45) is 0 Å². The summed E-state index contributed by atoms with van der Waals surface area (Å²) in [6.07, 6.45) is 2.92. The van der Waals surface area contributed by atoms with Crippen molar-refractivity contribution in [3.05, 3.63) is 12.2 Å². The van der Waals surface area contributed by atoms with Crippen molar-refractivity contribution >= 4 is 10.0 Å². The van der Waals surface area contributed by atoms with E-state index in [1.165, 1.54) is 6.33 Å². The highest BCUT2D eigenvalue weighted by Crippen LogP contribution is 1.88. The fraction of sp³-hybridized carbons (Fsp3) is 0.778. The van der Waals surface area contributed by atoms with Gasteiger partial charge >= 0.3 is 0 Å². The van der Waals surface area contributed by atoms with Crippen molar-refractivity contribution in [2.45, 2.75) is 19.8 Å². The van der Waals surface area contributed by atoms with E-state index in [4.69, 9.17) is 0 Å². The van der Waals surface area contributed by atoms with Crippen molar-refractivity contribution < 1.29 is 8.42 Å². The maximum atomic E-state index is 11.5. The second-order valence-corrected chi connectivity index (χ2v) is 5.57. The van der Waals surface area contributed by atoms with Gasteiger partial charge in [-0.1, -0.05) is 6.92 Å². The maximum Gasteiger partial charge on any atom is 0.212 e. The van der Waals surface area contributed by atoms with E-state index < -0.39 is 10.0 Å². The molecule has 0 radical (unpaired) electrons. The Bertz CT molecular complexity index is 390. The Morgan fingerprint density at radius 2 is 2.18 bits per heavy atom. The third-order valence-electron chi connectivity index (χ3n) is 2.12. The molecule has 0 saturated carbocycles. The molecule has 0 bridgehead atoms. The van der Waals surface area contributed by atoms with E-state index in [1.54, 1.807) is 0 Å². The number of nitrogens with one attached hydrogen (secondary N) is 3. The van der Waals surface area contributed by atoms with Gasteiger partial charge < -0.3 is 5.32 Å². The van der Waals surface area contributed by atoms with Crippen LogP contribution in [-0.4, -0.2) is 49.0 Å². The van der Waals surface area contributed by atoms with Crippen LogP contribution in [0.2, 0.25) is 0 Å². The van der Waals surface area contributed by atoms with Gasteiger partial charge in [0.2, 0.25) is 10.0 Å². The molecular formula is C9H19N5O2S. The van der Waals surface area contributed by atoms with E-state index in [0.29, 0.717) is 25.3 Å². The molecule has 0 atom stereocenters. The average Bonchev–Trinajstić information content (AvgIpc) is 2.77. The third-order valence-corrected chi connectivity index (χ3v) is 3.51. The average molecular weight is 261 g/mol. The normalized spacial score (nSPS) is 11.8. The molecule has 8 heteroatoms.